The third-order valence-electron chi connectivity index (χ3n) is 6.83. The van der Waals surface area contributed by atoms with Crippen LogP contribution in [0.4, 0.5) is 16.3 Å². The summed E-state index contributed by atoms with van der Waals surface area (Å²) in [6.45, 7) is 10.1. The van der Waals surface area contributed by atoms with Crippen LogP contribution in [0.2, 0.25) is 10.0 Å². The summed E-state index contributed by atoms with van der Waals surface area (Å²) in [5, 5.41) is 14.5. The summed E-state index contributed by atoms with van der Waals surface area (Å²) >= 11 is 13.2. The zero-order valence-electron chi connectivity index (χ0n) is 23.6. The highest BCUT2D eigenvalue weighted by Crippen LogP contribution is 2.47. The van der Waals surface area contributed by atoms with Crippen molar-refractivity contribution in [3.63, 3.8) is 0 Å². The monoisotopic (exact) mass is 615 g/mol. The number of guanidine groups is 1. The van der Waals surface area contributed by atoms with Crippen molar-refractivity contribution < 1.29 is 19.1 Å². The maximum absolute atomic E-state index is 13.6. The molecule has 0 spiro atoms. The lowest BCUT2D eigenvalue weighted by atomic mass is 10.1. The summed E-state index contributed by atoms with van der Waals surface area (Å²) in [5.41, 5.74) is 1.02. The van der Waals surface area contributed by atoms with E-state index in [2.05, 4.69) is 39.1 Å². The number of aliphatic imine (C=N–C) groups is 2. The number of hydrogen-bond acceptors (Lipinski definition) is 8. The number of halogens is 2. The molecule has 2 atom stereocenters. The van der Waals surface area contributed by atoms with Crippen LogP contribution in [0, 0.1) is 0 Å². The van der Waals surface area contributed by atoms with Crippen LogP contribution in [-0.4, -0.2) is 92.7 Å². The molecular formula is C27H31Cl2N9O4. The van der Waals surface area contributed by atoms with Gasteiger partial charge in [0.2, 0.25) is 11.9 Å². The number of carbonyl (C=O) groups excluding carboxylic acids is 2. The second-order valence-corrected chi connectivity index (χ2v) is 10.2. The molecule has 2 aromatic rings. The van der Waals surface area contributed by atoms with Gasteiger partial charge in [-0.05, 0) is 37.4 Å². The van der Waals surface area contributed by atoms with Crippen molar-refractivity contribution in [3.05, 3.63) is 58.5 Å². The van der Waals surface area contributed by atoms with Crippen LogP contribution >= 0.6 is 23.2 Å². The Morgan fingerprint density at radius 2 is 1.90 bits per heavy atom. The first-order chi connectivity index (χ1) is 20.1. The molecule has 0 saturated carbocycles. The van der Waals surface area contributed by atoms with E-state index in [0.29, 0.717) is 36.2 Å². The van der Waals surface area contributed by atoms with Crippen molar-refractivity contribution >= 4 is 59.3 Å². The summed E-state index contributed by atoms with van der Waals surface area (Å²) in [7, 11) is 4.52. The molecule has 2 aliphatic rings. The zero-order valence-corrected chi connectivity index (χ0v) is 25.1. The SMILES string of the molecule is C=CC(=O)NC1CN(c2cccnn2)CC1N=C(N=C)NC1=C(C)CN(c2c(Cl)c(OC)cc(OC)c2Cl)C(=O)N1C. The van der Waals surface area contributed by atoms with Crippen LogP contribution in [0.25, 0.3) is 0 Å². The molecule has 15 heteroatoms. The standard InChI is InChI=1S/C27H31Cl2N9O4/c1-7-21(39)32-16-13-37(20-9-8-10-31-35-20)14-17(16)33-26(30-3)34-25-15(2)12-38(27(40)36(25)4)24-22(28)18(41-5)11-19(42-6)23(24)29/h7-11,16-17H,1,3,12-14H2,2,4-6H3,(H,32,39)(H,33,34). The fourth-order valence-electron chi connectivity index (χ4n) is 4.74. The minimum atomic E-state index is -0.423. The van der Waals surface area contributed by atoms with Gasteiger partial charge in [0, 0.05) is 32.4 Å². The van der Waals surface area contributed by atoms with E-state index in [1.807, 2.05) is 17.9 Å². The molecule has 0 radical (unpaired) electrons. The number of anilines is 2. The predicted octanol–water partition coefficient (Wildman–Crippen LogP) is 3.11. The number of ether oxygens (including phenoxy) is 2. The summed E-state index contributed by atoms with van der Waals surface area (Å²) in [6.07, 6.45) is 2.79. The number of methoxy groups -OCH3 is 2. The molecular weight excluding hydrogens is 585 g/mol. The highest BCUT2D eigenvalue weighted by molar-refractivity contribution is 6.41. The van der Waals surface area contributed by atoms with E-state index in [9.17, 15) is 9.59 Å². The van der Waals surface area contributed by atoms with Crippen LogP contribution in [0.3, 0.4) is 0 Å². The van der Waals surface area contributed by atoms with E-state index in [1.54, 1.807) is 25.4 Å². The molecule has 1 fully saturated rings. The average Bonchev–Trinajstić information content (AvgIpc) is 3.39. The maximum atomic E-state index is 13.6. The van der Waals surface area contributed by atoms with Gasteiger partial charge in [-0.15, -0.1) is 5.10 Å². The van der Waals surface area contributed by atoms with Gasteiger partial charge in [0.05, 0.1) is 38.5 Å². The van der Waals surface area contributed by atoms with Crippen LogP contribution in [-0.2, 0) is 4.79 Å². The third kappa shape index (κ3) is 6.11. The van der Waals surface area contributed by atoms with Gasteiger partial charge in [-0.3, -0.25) is 14.6 Å². The Balaban J connectivity index is 1.63. The van der Waals surface area contributed by atoms with Gasteiger partial charge < -0.3 is 25.0 Å². The molecule has 3 heterocycles. The van der Waals surface area contributed by atoms with E-state index in [0.717, 1.165) is 5.57 Å². The minimum Gasteiger partial charge on any atom is -0.495 e. The second kappa shape index (κ2) is 13.1. The van der Waals surface area contributed by atoms with Crippen LogP contribution < -0.4 is 29.9 Å². The van der Waals surface area contributed by atoms with Crippen molar-refractivity contribution in [2.75, 3.05) is 50.7 Å². The molecule has 1 aromatic carbocycles. The van der Waals surface area contributed by atoms with Gasteiger partial charge in [0.25, 0.3) is 0 Å². The van der Waals surface area contributed by atoms with Gasteiger partial charge in [0.15, 0.2) is 5.82 Å². The quantitative estimate of drug-likeness (QED) is 0.262. The number of carbonyl (C=O) groups is 2. The second-order valence-electron chi connectivity index (χ2n) is 9.42. The number of rotatable bonds is 8. The van der Waals surface area contributed by atoms with E-state index >= 15 is 0 Å². The lowest BCUT2D eigenvalue weighted by molar-refractivity contribution is -0.117. The molecule has 3 amide bonds. The number of benzene rings is 1. The fourth-order valence-corrected chi connectivity index (χ4v) is 5.45. The van der Waals surface area contributed by atoms with Crippen LogP contribution in [0.1, 0.15) is 6.92 Å². The van der Waals surface area contributed by atoms with Gasteiger partial charge >= 0.3 is 6.03 Å². The molecule has 1 aromatic heterocycles. The first kappa shape index (κ1) is 30.6. The van der Waals surface area contributed by atoms with Gasteiger partial charge in [-0.25, -0.2) is 14.8 Å². The zero-order chi connectivity index (χ0) is 30.6. The smallest absolute Gasteiger partial charge is 0.330 e. The van der Waals surface area contributed by atoms with Gasteiger partial charge in [0.1, 0.15) is 27.4 Å². The lowest BCUT2D eigenvalue weighted by Gasteiger charge is -2.37. The maximum Gasteiger partial charge on any atom is 0.330 e. The number of urea groups is 1. The number of amides is 3. The molecule has 42 heavy (non-hydrogen) atoms. The summed E-state index contributed by atoms with van der Waals surface area (Å²) in [6, 6.07) is 3.95. The van der Waals surface area contributed by atoms with Gasteiger partial charge in [-0.2, -0.15) is 5.10 Å². The fraction of sp³-hybridized carbons (Fsp3) is 0.333. The van der Waals surface area contributed by atoms with Crippen molar-refractivity contribution in [1.29, 1.82) is 0 Å². The van der Waals surface area contributed by atoms with Crippen molar-refractivity contribution in [3.8, 4) is 11.5 Å². The molecule has 0 bridgehead atoms. The topological polar surface area (TPSA) is 137 Å². The Morgan fingerprint density at radius 1 is 1.21 bits per heavy atom. The number of hydrogen-bond donors (Lipinski definition) is 2. The molecule has 2 aliphatic heterocycles. The van der Waals surface area contributed by atoms with Crippen molar-refractivity contribution in [2.24, 2.45) is 9.98 Å². The predicted molar refractivity (Wildman–Crippen MR) is 163 cm³/mol. The Hall–Kier alpha value is -4.36. The highest BCUT2D eigenvalue weighted by Gasteiger charge is 2.36. The Kier molecular flexibility index (Phi) is 9.53. The van der Waals surface area contributed by atoms with Crippen molar-refractivity contribution in [1.82, 2.24) is 25.7 Å². The minimum absolute atomic E-state index is 0.146. The molecule has 2 N–H and O–H groups in total. The van der Waals surface area contributed by atoms with E-state index in [4.69, 9.17) is 37.7 Å². The Bertz CT molecular complexity index is 1420. The van der Waals surface area contributed by atoms with Crippen LogP contribution in [0.15, 0.2) is 58.4 Å². The lowest BCUT2D eigenvalue weighted by Crippen LogP contribution is -2.50. The first-order valence-electron chi connectivity index (χ1n) is 12.8. The highest BCUT2D eigenvalue weighted by atomic mass is 35.5. The Morgan fingerprint density at radius 3 is 2.48 bits per heavy atom. The molecule has 0 aliphatic carbocycles. The van der Waals surface area contributed by atoms with Crippen molar-refractivity contribution in [2.45, 2.75) is 19.0 Å². The normalized spacial score (nSPS) is 19.1. The van der Waals surface area contributed by atoms with Gasteiger partial charge in [-0.1, -0.05) is 29.8 Å². The summed E-state index contributed by atoms with van der Waals surface area (Å²) in [5.74, 6) is 1.57. The summed E-state index contributed by atoms with van der Waals surface area (Å²) in [4.78, 5) is 39.4. The van der Waals surface area contributed by atoms with E-state index in [1.165, 1.54) is 30.1 Å². The first-order valence-corrected chi connectivity index (χ1v) is 13.5. The molecule has 1 saturated heterocycles. The molecule has 13 nitrogen and oxygen atoms in total. The average molecular weight is 617 g/mol. The van der Waals surface area contributed by atoms with Crippen LogP contribution in [0.5, 0.6) is 11.5 Å². The molecule has 222 valence electrons. The van der Waals surface area contributed by atoms with E-state index < -0.39 is 12.1 Å². The Labute approximate surface area is 253 Å². The number of nitrogens with one attached hydrogen (secondary N) is 2. The summed E-state index contributed by atoms with van der Waals surface area (Å²) < 4.78 is 10.7. The largest absolute Gasteiger partial charge is 0.495 e. The molecule has 4 rings (SSSR count). The number of aromatic nitrogens is 2. The van der Waals surface area contributed by atoms with E-state index in [-0.39, 0.29) is 40.2 Å². The molecule has 2 unspecified atom stereocenters. The number of nitrogens with zero attached hydrogens (tertiary/aromatic N) is 7. The third-order valence-corrected chi connectivity index (χ3v) is 7.56.